The summed E-state index contributed by atoms with van der Waals surface area (Å²) in [6, 6.07) is 10.6. The van der Waals surface area contributed by atoms with Crippen LogP contribution in [-0.4, -0.2) is 23.5 Å². The molecule has 4 nitrogen and oxygen atoms in total. The van der Waals surface area contributed by atoms with Crippen molar-refractivity contribution in [2.75, 3.05) is 0 Å². The molecule has 0 aromatic heterocycles. The fourth-order valence-electron chi connectivity index (χ4n) is 2.78. The minimum atomic E-state index is -1.11. The molecule has 0 spiro atoms. The maximum atomic E-state index is 12.3. The average molecular weight is 415 g/mol. The molecule has 0 unspecified atom stereocenters. The summed E-state index contributed by atoms with van der Waals surface area (Å²) in [7, 11) is 0. The number of carbonyl (C=O) groups excluding carboxylic acids is 2. The van der Waals surface area contributed by atoms with Crippen molar-refractivity contribution in [1.29, 1.82) is 0 Å². The first kappa shape index (κ1) is 22.7. The standard InChI is InChI=1S/C24H27ClO4/c1-15(2)28-23(27)24(5,6)29-22-16(3)13-18(14-17(22)4)7-12-21(26)19-8-10-20(25)11-9-19/h7-15H,1-6H3. The van der Waals surface area contributed by atoms with Crippen LogP contribution in [0.4, 0.5) is 0 Å². The summed E-state index contributed by atoms with van der Waals surface area (Å²) in [6.45, 7) is 10.8. The van der Waals surface area contributed by atoms with Crippen molar-refractivity contribution >= 4 is 29.4 Å². The number of ether oxygens (including phenoxy) is 2. The number of aryl methyl sites for hydroxylation is 2. The van der Waals surface area contributed by atoms with Crippen molar-refractivity contribution in [3.63, 3.8) is 0 Å². The zero-order valence-corrected chi connectivity index (χ0v) is 18.5. The van der Waals surface area contributed by atoms with Crippen molar-refractivity contribution in [3.05, 3.63) is 69.8 Å². The Hall–Kier alpha value is -2.59. The molecular weight excluding hydrogens is 388 g/mol. The monoisotopic (exact) mass is 414 g/mol. The van der Waals surface area contributed by atoms with Gasteiger partial charge in [-0.05, 0) is 101 Å². The van der Waals surface area contributed by atoms with Gasteiger partial charge in [-0.25, -0.2) is 4.79 Å². The van der Waals surface area contributed by atoms with Gasteiger partial charge < -0.3 is 9.47 Å². The Kier molecular flexibility index (Phi) is 7.26. The maximum Gasteiger partial charge on any atom is 0.350 e. The van der Waals surface area contributed by atoms with Gasteiger partial charge in [0.15, 0.2) is 11.4 Å². The van der Waals surface area contributed by atoms with Crippen LogP contribution in [0.1, 0.15) is 54.7 Å². The Bertz CT molecular complexity index is 901. The second kappa shape index (κ2) is 9.27. The fourth-order valence-corrected chi connectivity index (χ4v) is 2.90. The van der Waals surface area contributed by atoms with Crippen LogP contribution in [0.25, 0.3) is 6.08 Å². The van der Waals surface area contributed by atoms with E-state index in [4.69, 9.17) is 21.1 Å². The molecule has 0 radical (unpaired) electrons. The molecule has 0 fully saturated rings. The van der Waals surface area contributed by atoms with Gasteiger partial charge in [0, 0.05) is 10.6 Å². The van der Waals surface area contributed by atoms with Crippen LogP contribution in [0.5, 0.6) is 5.75 Å². The number of hydrogen-bond donors (Lipinski definition) is 0. The molecule has 5 heteroatoms. The van der Waals surface area contributed by atoms with Gasteiger partial charge in [0.2, 0.25) is 0 Å². The molecule has 154 valence electrons. The zero-order chi connectivity index (χ0) is 21.8. The molecule has 0 saturated carbocycles. The smallest absolute Gasteiger partial charge is 0.350 e. The highest BCUT2D eigenvalue weighted by Gasteiger charge is 2.33. The van der Waals surface area contributed by atoms with Gasteiger partial charge in [0.1, 0.15) is 5.75 Å². The lowest BCUT2D eigenvalue weighted by molar-refractivity contribution is -0.163. The van der Waals surface area contributed by atoms with Gasteiger partial charge in [0.05, 0.1) is 6.10 Å². The number of esters is 1. The lowest BCUT2D eigenvalue weighted by Gasteiger charge is -2.27. The van der Waals surface area contributed by atoms with Crippen LogP contribution in [0.15, 0.2) is 42.5 Å². The quantitative estimate of drug-likeness (QED) is 0.318. The van der Waals surface area contributed by atoms with Crippen molar-refractivity contribution < 1.29 is 19.1 Å². The van der Waals surface area contributed by atoms with Gasteiger partial charge >= 0.3 is 5.97 Å². The third kappa shape index (κ3) is 6.20. The Morgan fingerprint density at radius 3 is 2.10 bits per heavy atom. The Morgan fingerprint density at radius 2 is 1.59 bits per heavy atom. The number of ketones is 1. The van der Waals surface area contributed by atoms with Gasteiger partial charge in [-0.15, -0.1) is 0 Å². The molecule has 0 heterocycles. The maximum absolute atomic E-state index is 12.3. The molecule has 0 bridgehead atoms. The summed E-state index contributed by atoms with van der Waals surface area (Å²) in [5.41, 5.74) is 2.08. The van der Waals surface area contributed by atoms with E-state index in [1.54, 1.807) is 58.0 Å². The molecule has 0 aliphatic heterocycles. The van der Waals surface area contributed by atoms with Crippen LogP contribution in [-0.2, 0) is 9.53 Å². The zero-order valence-electron chi connectivity index (χ0n) is 17.7. The molecule has 0 N–H and O–H groups in total. The van der Waals surface area contributed by atoms with E-state index < -0.39 is 11.6 Å². The van der Waals surface area contributed by atoms with E-state index >= 15 is 0 Å². The summed E-state index contributed by atoms with van der Waals surface area (Å²) in [6.07, 6.45) is 3.08. The van der Waals surface area contributed by atoms with Crippen molar-refractivity contribution in [2.24, 2.45) is 0 Å². The first-order chi connectivity index (χ1) is 13.5. The van der Waals surface area contributed by atoms with Gasteiger partial charge in [0.25, 0.3) is 0 Å². The predicted molar refractivity (Wildman–Crippen MR) is 117 cm³/mol. The fraction of sp³-hybridized carbons (Fsp3) is 0.333. The minimum absolute atomic E-state index is 0.102. The number of halogens is 1. The molecule has 0 saturated heterocycles. The van der Waals surface area contributed by atoms with E-state index in [0.29, 0.717) is 16.3 Å². The van der Waals surface area contributed by atoms with E-state index in [2.05, 4.69) is 0 Å². The number of carbonyl (C=O) groups is 2. The van der Waals surface area contributed by atoms with E-state index in [1.165, 1.54) is 6.08 Å². The highest BCUT2D eigenvalue weighted by Crippen LogP contribution is 2.29. The first-order valence-electron chi connectivity index (χ1n) is 9.49. The van der Waals surface area contributed by atoms with Crippen molar-refractivity contribution in [1.82, 2.24) is 0 Å². The summed E-state index contributed by atoms with van der Waals surface area (Å²) in [5, 5.41) is 0.590. The highest BCUT2D eigenvalue weighted by atomic mass is 35.5. The van der Waals surface area contributed by atoms with Crippen molar-refractivity contribution in [2.45, 2.75) is 53.2 Å². The number of allylic oxidation sites excluding steroid dienone is 1. The number of hydrogen-bond acceptors (Lipinski definition) is 4. The van der Waals surface area contributed by atoms with Gasteiger partial charge in [-0.1, -0.05) is 17.7 Å². The molecule has 0 amide bonds. The Morgan fingerprint density at radius 1 is 1.03 bits per heavy atom. The van der Waals surface area contributed by atoms with Gasteiger partial charge in [-0.3, -0.25) is 4.79 Å². The molecule has 2 aromatic rings. The molecule has 29 heavy (non-hydrogen) atoms. The summed E-state index contributed by atoms with van der Waals surface area (Å²) in [5.74, 6) is 0.121. The van der Waals surface area contributed by atoms with E-state index in [0.717, 1.165) is 16.7 Å². The van der Waals surface area contributed by atoms with Crippen LogP contribution in [0.3, 0.4) is 0 Å². The molecule has 0 aliphatic carbocycles. The van der Waals surface area contributed by atoms with Crippen LogP contribution >= 0.6 is 11.6 Å². The van der Waals surface area contributed by atoms with E-state index in [9.17, 15) is 9.59 Å². The third-order valence-electron chi connectivity index (χ3n) is 4.23. The van der Waals surface area contributed by atoms with Crippen LogP contribution in [0, 0.1) is 13.8 Å². The summed E-state index contributed by atoms with van der Waals surface area (Å²) < 4.78 is 11.3. The number of rotatable bonds is 7. The average Bonchev–Trinajstić information content (AvgIpc) is 2.62. The summed E-state index contributed by atoms with van der Waals surface area (Å²) >= 11 is 5.86. The molecule has 2 rings (SSSR count). The summed E-state index contributed by atoms with van der Waals surface area (Å²) in [4.78, 5) is 24.6. The SMILES string of the molecule is Cc1cc(C=CC(=O)c2ccc(Cl)cc2)cc(C)c1OC(C)(C)C(=O)OC(C)C. The molecule has 0 aliphatic rings. The second-order valence-electron chi connectivity index (χ2n) is 7.75. The largest absolute Gasteiger partial charge is 0.476 e. The Balaban J connectivity index is 2.19. The van der Waals surface area contributed by atoms with E-state index in [-0.39, 0.29) is 11.9 Å². The normalized spacial score (nSPS) is 11.7. The number of benzene rings is 2. The molecular formula is C24H27ClO4. The Labute approximate surface area is 177 Å². The van der Waals surface area contributed by atoms with Gasteiger partial charge in [-0.2, -0.15) is 0 Å². The van der Waals surface area contributed by atoms with E-state index in [1.807, 2.05) is 26.0 Å². The molecule has 0 atom stereocenters. The van der Waals surface area contributed by atoms with Crippen LogP contribution in [0.2, 0.25) is 5.02 Å². The van der Waals surface area contributed by atoms with Crippen molar-refractivity contribution in [3.8, 4) is 5.75 Å². The lowest BCUT2D eigenvalue weighted by atomic mass is 10.0. The molecule has 2 aromatic carbocycles. The minimum Gasteiger partial charge on any atom is -0.476 e. The topological polar surface area (TPSA) is 52.6 Å². The highest BCUT2D eigenvalue weighted by molar-refractivity contribution is 6.30. The van der Waals surface area contributed by atoms with Crippen LogP contribution < -0.4 is 4.74 Å². The second-order valence-corrected chi connectivity index (χ2v) is 8.19. The predicted octanol–water partition coefficient (Wildman–Crippen LogP) is 5.96. The first-order valence-corrected chi connectivity index (χ1v) is 9.86. The lowest BCUT2D eigenvalue weighted by Crippen LogP contribution is -2.41. The third-order valence-corrected chi connectivity index (χ3v) is 4.48.